The standard InChI is InChI=1S/C21H15/c1-3-8-18(9-4-1)10-7-11-19-14-16-21(17-15-19)20-12-5-2-6-13-20/h1-6,8-10,12-17H. The Hall–Kier alpha value is -2.78. The maximum Gasteiger partial charge on any atom is 0.0634 e. The number of hydrogen-bond donors (Lipinski definition) is 0. The summed E-state index contributed by atoms with van der Waals surface area (Å²) in [6, 6.07) is 28.9. The molecule has 21 heavy (non-hydrogen) atoms. The van der Waals surface area contributed by atoms with E-state index in [0.29, 0.717) is 0 Å². The van der Waals surface area contributed by atoms with Crippen LogP contribution in [0.15, 0.2) is 84.9 Å². The molecule has 0 saturated heterocycles. The van der Waals surface area contributed by atoms with Crippen LogP contribution in [0.3, 0.4) is 0 Å². The largest absolute Gasteiger partial charge is 0.0880 e. The van der Waals surface area contributed by atoms with Gasteiger partial charge in [0.25, 0.3) is 0 Å². The number of benzene rings is 3. The van der Waals surface area contributed by atoms with Crippen molar-refractivity contribution in [3.05, 3.63) is 102 Å². The summed E-state index contributed by atoms with van der Waals surface area (Å²) >= 11 is 0. The lowest BCUT2D eigenvalue weighted by atomic mass is 10.0. The van der Waals surface area contributed by atoms with Gasteiger partial charge < -0.3 is 0 Å². The van der Waals surface area contributed by atoms with Crippen LogP contribution in [0.4, 0.5) is 0 Å². The van der Waals surface area contributed by atoms with Crippen LogP contribution >= 0.6 is 0 Å². The zero-order chi connectivity index (χ0) is 14.3. The zero-order valence-corrected chi connectivity index (χ0v) is 11.7. The summed E-state index contributed by atoms with van der Waals surface area (Å²) in [6.45, 7) is 0. The van der Waals surface area contributed by atoms with Gasteiger partial charge in [-0.1, -0.05) is 84.6 Å². The predicted molar refractivity (Wildman–Crippen MR) is 88.6 cm³/mol. The minimum Gasteiger partial charge on any atom is -0.0880 e. The van der Waals surface area contributed by atoms with Gasteiger partial charge in [-0.2, -0.15) is 0 Å². The number of hydrogen-bond acceptors (Lipinski definition) is 0. The van der Waals surface area contributed by atoms with Crippen molar-refractivity contribution in [2.75, 3.05) is 0 Å². The summed E-state index contributed by atoms with van der Waals surface area (Å²) in [7, 11) is 0. The van der Waals surface area contributed by atoms with Gasteiger partial charge in [0.15, 0.2) is 0 Å². The first kappa shape index (κ1) is 13.2. The van der Waals surface area contributed by atoms with E-state index in [2.05, 4.69) is 60.4 Å². The van der Waals surface area contributed by atoms with Crippen molar-refractivity contribution in [1.29, 1.82) is 0 Å². The molecule has 0 atom stereocenters. The fraction of sp³-hybridized carbons (Fsp3) is 0. The van der Waals surface area contributed by atoms with Crippen molar-refractivity contribution < 1.29 is 0 Å². The molecule has 0 aromatic heterocycles. The van der Waals surface area contributed by atoms with Gasteiger partial charge >= 0.3 is 0 Å². The predicted octanol–water partition coefficient (Wildman–Crippen LogP) is 4.96. The Morgan fingerprint density at radius 1 is 0.571 bits per heavy atom. The summed E-state index contributed by atoms with van der Waals surface area (Å²) in [5.41, 5.74) is 4.61. The van der Waals surface area contributed by atoms with E-state index < -0.39 is 0 Å². The third kappa shape index (κ3) is 3.61. The molecule has 0 spiro atoms. The molecular formula is C21H15. The highest BCUT2D eigenvalue weighted by Crippen LogP contribution is 2.18. The van der Waals surface area contributed by atoms with Crippen molar-refractivity contribution in [2.24, 2.45) is 0 Å². The van der Waals surface area contributed by atoms with E-state index in [4.69, 9.17) is 0 Å². The molecule has 99 valence electrons. The van der Waals surface area contributed by atoms with E-state index in [1.807, 2.05) is 42.8 Å². The molecule has 0 aliphatic heterocycles. The SMILES string of the molecule is C(#Cc1ccc(-c2ccccc2)cc1)[CH]c1ccccc1. The van der Waals surface area contributed by atoms with Gasteiger partial charge in [0.2, 0.25) is 0 Å². The second-order valence-corrected chi connectivity index (χ2v) is 4.77. The van der Waals surface area contributed by atoms with Gasteiger partial charge in [0.05, 0.1) is 6.42 Å². The first-order valence-corrected chi connectivity index (χ1v) is 6.97. The molecule has 0 aliphatic carbocycles. The first-order valence-electron chi connectivity index (χ1n) is 6.97. The maximum absolute atomic E-state index is 3.17. The molecule has 0 heterocycles. The molecule has 0 nitrogen and oxygen atoms in total. The van der Waals surface area contributed by atoms with Crippen molar-refractivity contribution in [3.63, 3.8) is 0 Å². The monoisotopic (exact) mass is 267 g/mol. The molecule has 0 bridgehead atoms. The summed E-state index contributed by atoms with van der Waals surface area (Å²) in [5, 5.41) is 0. The highest BCUT2D eigenvalue weighted by molar-refractivity contribution is 5.64. The van der Waals surface area contributed by atoms with Crippen LogP contribution in [-0.2, 0) is 0 Å². The van der Waals surface area contributed by atoms with E-state index >= 15 is 0 Å². The van der Waals surface area contributed by atoms with Crippen LogP contribution in [0.1, 0.15) is 11.1 Å². The summed E-state index contributed by atoms with van der Waals surface area (Å²) in [5.74, 6) is 6.27. The first-order chi connectivity index (χ1) is 10.4. The molecule has 0 fully saturated rings. The minimum atomic E-state index is 1.03. The maximum atomic E-state index is 3.17. The van der Waals surface area contributed by atoms with Gasteiger partial charge in [-0.15, -0.1) is 0 Å². The van der Waals surface area contributed by atoms with E-state index in [9.17, 15) is 0 Å². The quantitative estimate of drug-likeness (QED) is 0.576. The van der Waals surface area contributed by atoms with Gasteiger partial charge in [-0.25, -0.2) is 0 Å². The topological polar surface area (TPSA) is 0 Å². The van der Waals surface area contributed by atoms with Gasteiger partial charge in [-0.05, 0) is 28.8 Å². The Morgan fingerprint density at radius 3 is 1.81 bits per heavy atom. The molecule has 1 radical (unpaired) electrons. The van der Waals surface area contributed by atoms with Crippen LogP contribution in [0.25, 0.3) is 11.1 Å². The van der Waals surface area contributed by atoms with Gasteiger partial charge in [-0.3, -0.25) is 0 Å². The fourth-order valence-corrected chi connectivity index (χ4v) is 2.13. The molecule has 3 aromatic rings. The van der Waals surface area contributed by atoms with E-state index in [1.54, 1.807) is 0 Å². The molecule has 0 amide bonds. The van der Waals surface area contributed by atoms with Crippen LogP contribution in [0.5, 0.6) is 0 Å². The Balaban J connectivity index is 1.71. The lowest BCUT2D eigenvalue weighted by Gasteiger charge is -2.00. The highest BCUT2D eigenvalue weighted by Gasteiger charge is 1.95. The zero-order valence-electron chi connectivity index (χ0n) is 11.7. The lowest BCUT2D eigenvalue weighted by molar-refractivity contribution is 1.55. The van der Waals surface area contributed by atoms with Gasteiger partial charge in [0.1, 0.15) is 0 Å². The molecule has 0 saturated carbocycles. The average molecular weight is 267 g/mol. The average Bonchev–Trinajstić information content (AvgIpc) is 2.57. The molecule has 0 heteroatoms. The van der Waals surface area contributed by atoms with Crippen LogP contribution in [0.2, 0.25) is 0 Å². The summed E-state index contributed by atoms with van der Waals surface area (Å²) in [4.78, 5) is 0. The van der Waals surface area contributed by atoms with E-state index in [-0.39, 0.29) is 0 Å². The third-order valence-electron chi connectivity index (χ3n) is 3.25. The van der Waals surface area contributed by atoms with Gasteiger partial charge in [0, 0.05) is 5.56 Å². The Morgan fingerprint density at radius 2 is 1.14 bits per heavy atom. The summed E-state index contributed by atoms with van der Waals surface area (Å²) in [6.07, 6.45) is 1.94. The highest BCUT2D eigenvalue weighted by atomic mass is 14.0. The molecule has 3 aromatic carbocycles. The lowest BCUT2D eigenvalue weighted by Crippen LogP contribution is -1.79. The molecule has 3 rings (SSSR count). The van der Waals surface area contributed by atoms with Crippen LogP contribution in [0, 0.1) is 18.3 Å². The molecule has 0 N–H and O–H groups in total. The van der Waals surface area contributed by atoms with Crippen molar-refractivity contribution in [2.45, 2.75) is 0 Å². The fourth-order valence-electron chi connectivity index (χ4n) is 2.13. The normalized spacial score (nSPS) is 9.71. The van der Waals surface area contributed by atoms with Crippen molar-refractivity contribution >= 4 is 0 Å². The molecular weight excluding hydrogens is 252 g/mol. The summed E-state index contributed by atoms with van der Waals surface area (Å²) < 4.78 is 0. The van der Waals surface area contributed by atoms with Crippen molar-refractivity contribution in [3.8, 4) is 23.0 Å². The van der Waals surface area contributed by atoms with E-state index in [0.717, 1.165) is 11.1 Å². The second kappa shape index (κ2) is 6.59. The van der Waals surface area contributed by atoms with Crippen molar-refractivity contribution in [1.82, 2.24) is 0 Å². The second-order valence-electron chi connectivity index (χ2n) is 4.77. The minimum absolute atomic E-state index is 1.03. The van der Waals surface area contributed by atoms with Crippen LogP contribution in [-0.4, -0.2) is 0 Å². The van der Waals surface area contributed by atoms with E-state index in [1.165, 1.54) is 11.1 Å². The Labute approximate surface area is 126 Å². The third-order valence-corrected chi connectivity index (χ3v) is 3.25. The number of rotatable bonds is 2. The molecule has 0 aliphatic rings. The smallest absolute Gasteiger partial charge is 0.0634 e. The van der Waals surface area contributed by atoms with Crippen LogP contribution < -0.4 is 0 Å². The Bertz CT molecular complexity index is 742. The molecule has 0 unspecified atom stereocenters. The Kier molecular flexibility index (Phi) is 4.15.